The molecular formula is C21H18N6O2. The number of rotatable bonds is 4. The summed E-state index contributed by atoms with van der Waals surface area (Å²) in [6, 6.07) is 10.9. The van der Waals surface area contributed by atoms with Gasteiger partial charge >= 0.3 is 0 Å². The van der Waals surface area contributed by atoms with E-state index in [1.165, 1.54) is 6.08 Å². The van der Waals surface area contributed by atoms with Crippen molar-refractivity contribution in [2.75, 3.05) is 13.1 Å². The molecule has 1 amide bonds. The first kappa shape index (κ1) is 17.2. The van der Waals surface area contributed by atoms with Gasteiger partial charge in [0.25, 0.3) is 0 Å². The number of nitrogens with one attached hydrogen (secondary N) is 2. The van der Waals surface area contributed by atoms with Crippen molar-refractivity contribution in [3.63, 3.8) is 0 Å². The highest BCUT2D eigenvalue weighted by Gasteiger charge is 2.34. The first-order valence-corrected chi connectivity index (χ1v) is 9.24. The van der Waals surface area contributed by atoms with Crippen LogP contribution < -0.4 is 0 Å². The van der Waals surface area contributed by atoms with E-state index in [4.69, 9.17) is 0 Å². The number of hydrogen-bond donors (Lipinski definition) is 3. The second-order valence-corrected chi connectivity index (χ2v) is 7.04. The Morgan fingerprint density at radius 3 is 2.79 bits per heavy atom. The number of aromatic amines is 2. The average Bonchev–Trinajstić information content (AvgIpc) is 3.34. The van der Waals surface area contributed by atoms with E-state index in [1.54, 1.807) is 29.3 Å². The summed E-state index contributed by atoms with van der Waals surface area (Å²) in [5.41, 5.74) is 4.65. The standard InChI is InChI=1S/C21H18N6O2/c1-2-18(29)27-10-12(11-27)20-19(15-7-8-22-24-15)14-9-16(25-26-21(14)23-20)13-5-3-4-6-17(13)28/h2-9,12,28H,1,10-11H2,(H,22,24)(H,23,26). The van der Waals surface area contributed by atoms with Crippen molar-refractivity contribution in [1.29, 1.82) is 0 Å². The lowest BCUT2D eigenvalue weighted by atomic mass is 9.91. The van der Waals surface area contributed by atoms with Crippen molar-refractivity contribution in [3.05, 3.63) is 60.9 Å². The lowest BCUT2D eigenvalue weighted by Gasteiger charge is -2.38. The number of H-pyrrole nitrogens is 2. The lowest BCUT2D eigenvalue weighted by molar-refractivity contribution is -0.130. The van der Waals surface area contributed by atoms with Crippen LogP contribution in [0.15, 0.2) is 55.3 Å². The quantitative estimate of drug-likeness (QED) is 0.467. The summed E-state index contributed by atoms with van der Waals surface area (Å²) < 4.78 is 0. The normalized spacial score (nSPS) is 14.1. The molecule has 8 heteroatoms. The Bertz CT molecular complexity index is 1220. The molecule has 1 saturated heterocycles. The Labute approximate surface area is 165 Å². The van der Waals surface area contributed by atoms with Crippen LogP contribution in [0.3, 0.4) is 0 Å². The average molecular weight is 386 g/mol. The molecule has 1 aromatic carbocycles. The Morgan fingerprint density at radius 1 is 1.24 bits per heavy atom. The number of aromatic hydroxyl groups is 1. The molecule has 1 fully saturated rings. The zero-order chi connectivity index (χ0) is 20.0. The van der Waals surface area contributed by atoms with Gasteiger partial charge in [-0.05, 0) is 30.3 Å². The van der Waals surface area contributed by atoms with Gasteiger partial charge in [-0.2, -0.15) is 5.10 Å². The zero-order valence-corrected chi connectivity index (χ0v) is 15.5. The van der Waals surface area contributed by atoms with E-state index < -0.39 is 0 Å². The van der Waals surface area contributed by atoms with Gasteiger partial charge in [0.05, 0.1) is 11.4 Å². The van der Waals surface area contributed by atoms with Crippen molar-refractivity contribution < 1.29 is 9.90 Å². The molecule has 4 heterocycles. The molecule has 3 N–H and O–H groups in total. The van der Waals surface area contributed by atoms with Gasteiger partial charge in [0.15, 0.2) is 5.65 Å². The summed E-state index contributed by atoms with van der Waals surface area (Å²) in [6.07, 6.45) is 3.03. The van der Waals surface area contributed by atoms with Gasteiger partial charge < -0.3 is 15.0 Å². The number of likely N-dealkylation sites (tertiary alicyclic amines) is 1. The minimum Gasteiger partial charge on any atom is -0.507 e. The molecule has 0 atom stereocenters. The predicted molar refractivity (Wildman–Crippen MR) is 108 cm³/mol. The zero-order valence-electron chi connectivity index (χ0n) is 15.5. The Balaban J connectivity index is 1.63. The number of benzene rings is 1. The molecule has 0 aliphatic carbocycles. The van der Waals surface area contributed by atoms with E-state index in [2.05, 4.69) is 32.0 Å². The van der Waals surface area contributed by atoms with Crippen LogP contribution in [-0.4, -0.2) is 54.4 Å². The first-order valence-electron chi connectivity index (χ1n) is 9.24. The van der Waals surface area contributed by atoms with Crippen molar-refractivity contribution in [3.8, 4) is 28.3 Å². The van der Waals surface area contributed by atoms with Crippen LogP contribution in [-0.2, 0) is 4.79 Å². The molecule has 5 rings (SSSR count). The second kappa shape index (κ2) is 6.59. The number of nitrogens with zero attached hydrogens (tertiary/aromatic N) is 4. The monoisotopic (exact) mass is 386 g/mol. The molecule has 4 aromatic rings. The molecule has 144 valence electrons. The molecule has 0 unspecified atom stereocenters. The summed E-state index contributed by atoms with van der Waals surface area (Å²) in [5.74, 6) is 0.236. The maximum absolute atomic E-state index is 11.8. The number of phenols is 1. The van der Waals surface area contributed by atoms with Crippen LogP contribution in [0.1, 0.15) is 11.6 Å². The van der Waals surface area contributed by atoms with Gasteiger partial charge in [0, 0.05) is 47.4 Å². The van der Waals surface area contributed by atoms with Crippen molar-refractivity contribution >= 4 is 16.9 Å². The summed E-state index contributed by atoms with van der Waals surface area (Å²) in [4.78, 5) is 17.0. The summed E-state index contributed by atoms with van der Waals surface area (Å²) in [7, 11) is 0. The number of aromatic nitrogens is 5. The van der Waals surface area contributed by atoms with Gasteiger partial charge in [-0.3, -0.25) is 9.89 Å². The molecular weight excluding hydrogens is 368 g/mol. The number of hydrogen-bond acceptors (Lipinski definition) is 5. The molecule has 0 saturated carbocycles. The number of phenolic OH excluding ortho intramolecular Hbond substituents is 1. The minimum atomic E-state index is -0.0675. The van der Waals surface area contributed by atoms with E-state index in [9.17, 15) is 9.90 Å². The Hall–Kier alpha value is -3.94. The van der Waals surface area contributed by atoms with Crippen molar-refractivity contribution in [1.82, 2.24) is 30.3 Å². The van der Waals surface area contributed by atoms with Crippen LogP contribution in [0.5, 0.6) is 5.75 Å². The highest BCUT2D eigenvalue weighted by molar-refractivity contribution is 5.97. The maximum Gasteiger partial charge on any atom is 0.245 e. The minimum absolute atomic E-state index is 0.0675. The van der Waals surface area contributed by atoms with Gasteiger partial charge in [-0.1, -0.05) is 18.7 Å². The van der Waals surface area contributed by atoms with Crippen molar-refractivity contribution in [2.45, 2.75) is 5.92 Å². The number of amides is 1. The van der Waals surface area contributed by atoms with Crippen LogP contribution in [0.2, 0.25) is 0 Å². The van der Waals surface area contributed by atoms with Crippen LogP contribution >= 0.6 is 0 Å². The smallest absolute Gasteiger partial charge is 0.245 e. The molecule has 3 aromatic heterocycles. The third kappa shape index (κ3) is 2.77. The molecule has 1 aliphatic rings. The number of fused-ring (bicyclic) bond motifs is 1. The van der Waals surface area contributed by atoms with E-state index >= 15 is 0 Å². The number of carbonyl (C=O) groups excluding carboxylic acids is 1. The fourth-order valence-electron chi connectivity index (χ4n) is 3.79. The topological polar surface area (TPSA) is 111 Å². The van der Waals surface area contributed by atoms with E-state index in [0.29, 0.717) is 30.0 Å². The largest absolute Gasteiger partial charge is 0.507 e. The van der Waals surface area contributed by atoms with E-state index in [1.807, 2.05) is 18.2 Å². The lowest BCUT2D eigenvalue weighted by Crippen LogP contribution is -2.48. The van der Waals surface area contributed by atoms with Crippen LogP contribution in [0.25, 0.3) is 33.5 Å². The third-order valence-electron chi connectivity index (χ3n) is 5.31. The maximum atomic E-state index is 11.8. The summed E-state index contributed by atoms with van der Waals surface area (Å²) in [6.45, 7) is 4.77. The second-order valence-electron chi connectivity index (χ2n) is 7.04. The van der Waals surface area contributed by atoms with E-state index in [-0.39, 0.29) is 17.6 Å². The predicted octanol–water partition coefficient (Wildman–Crippen LogP) is 2.83. The molecule has 0 bridgehead atoms. The van der Waals surface area contributed by atoms with Gasteiger partial charge in [-0.15, -0.1) is 10.2 Å². The molecule has 0 spiro atoms. The van der Waals surface area contributed by atoms with Gasteiger partial charge in [-0.25, -0.2) is 0 Å². The number of para-hydroxylation sites is 1. The Kier molecular flexibility index (Phi) is 3.90. The van der Waals surface area contributed by atoms with Gasteiger partial charge in [0.2, 0.25) is 5.91 Å². The molecule has 1 aliphatic heterocycles. The third-order valence-corrected chi connectivity index (χ3v) is 5.31. The SMILES string of the molecule is C=CC(=O)N1CC(c2[nH]c3nnc(-c4ccccc4O)cc3c2-c2ccn[nH]2)C1. The van der Waals surface area contributed by atoms with E-state index in [0.717, 1.165) is 22.3 Å². The van der Waals surface area contributed by atoms with Crippen LogP contribution in [0.4, 0.5) is 0 Å². The van der Waals surface area contributed by atoms with Crippen LogP contribution in [0, 0.1) is 0 Å². The summed E-state index contributed by atoms with van der Waals surface area (Å²) in [5, 5.41) is 26.8. The number of carbonyl (C=O) groups is 1. The molecule has 29 heavy (non-hydrogen) atoms. The molecule has 8 nitrogen and oxygen atoms in total. The highest BCUT2D eigenvalue weighted by Crippen LogP contribution is 2.39. The Morgan fingerprint density at radius 2 is 2.07 bits per heavy atom. The fourth-order valence-corrected chi connectivity index (χ4v) is 3.79. The fraction of sp³-hybridized carbons (Fsp3) is 0.143. The molecule has 0 radical (unpaired) electrons. The first-order chi connectivity index (χ1) is 14.2. The highest BCUT2D eigenvalue weighted by atomic mass is 16.3. The summed E-state index contributed by atoms with van der Waals surface area (Å²) >= 11 is 0. The van der Waals surface area contributed by atoms with Gasteiger partial charge in [0.1, 0.15) is 5.75 Å². The van der Waals surface area contributed by atoms with Crippen molar-refractivity contribution in [2.24, 2.45) is 0 Å².